The van der Waals surface area contributed by atoms with Crippen LogP contribution in [0.5, 0.6) is 0 Å². The summed E-state index contributed by atoms with van der Waals surface area (Å²) >= 11 is 0. The van der Waals surface area contributed by atoms with E-state index < -0.39 is 0 Å². The van der Waals surface area contributed by atoms with Crippen molar-refractivity contribution in [1.29, 1.82) is 5.41 Å². The molecule has 1 rings (SSSR count). The normalized spacial score (nSPS) is 20.2. The van der Waals surface area contributed by atoms with Crippen LogP contribution in [0.1, 0.15) is 6.92 Å². The minimum atomic E-state index is 0.920. The minimum Gasteiger partial charge on any atom is -0.308 e. The molecule has 2 heteroatoms. The van der Waals surface area contributed by atoms with Crippen molar-refractivity contribution in [2.45, 2.75) is 6.92 Å². The van der Waals surface area contributed by atoms with Gasteiger partial charge in [0.2, 0.25) is 0 Å². The first kappa shape index (κ1) is 8.21. The van der Waals surface area contributed by atoms with E-state index in [4.69, 9.17) is 5.41 Å². The van der Waals surface area contributed by atoms with Crippen molar-refractivity contribution in [3.8, 4) is 0 Å². The zero-order valence-corrected chi connectivity index (χ0v) is 7.09. The Labute approximate surface area is 67.7 Å². The summed E-state index contributed by atoms with van der Waals surface area (Å²) in [5, 5.41) is 7.16. The van der Waals surface area contributed by atoms with Gasteiger partial charge in [0.15, 0.2) is 0 Å². The van der Waals surface area contributed by atoms with E-state index >= 15 is 0 Å². The fourth-order valence-corrected chi connectivity index (χ4v) is 1.34. The van der Waals surface area contributed by atoms with Gasteiger partial charge in [0.25, 0.3) is 0 Å². The molecule has 0 aromatic carbocycles. The van der Waals surface area contributed by atoms with Crippen LogP contribution in [0.15, 0.2) is 23.3 Å². The Balaban J connectivity index is 2.79. The molecule has 0 fully saturated rings. The average molecular weight is 150 g/mol. The summed E-state index contributed by atoms with van der Waals surface area (Å²) in [6.45, 7) is 3.91. The lowest BCUT2D eigenvalue weighted by Gasteiger charge is -2.04. The van der Waals surface area contributed by atoms with Crippen molar-refractivity contribution in [1.82, 2.24) is 4.90 Å². The molecule has 1 heterocycles. The molecule has 0 saturated carbocycles. The third-order valence-corrected chi connectivity index (χ3v) is 1.84. The van der Waals surface area contributed by atoms with Gasteiger partial charge in [0, 0.05) is 19.3 Å². The molecule has 11 heavy (non-hydrogen) atoms. The quantitative estimate of drug-likeness (QED) is 0.593. The maximum absolute atomic E-state index is 7.16. The number of allylic oxidation sites excluding steroid dienone is 1. The summed E-state index contributed by atoms with van der Waals surface area (Å²) in [7, 11) is 2.07. The van der Waals surface area contributed by atoms with Crippen LogP contribution < -0.4 is 0 Å². The molecule has 0 radical (unpaired) electrons. The van der Waals surface area contributed by atoms with Crippen molar-refractivity contribution in [2.24, 2.45) is 0 Å². The van der Waals surface area contributed by atoms with E-state index in [1.807, 2.05) is 13.0 Å². The number of hydrogen-bond donors (Lipinski definition) is 1. The highest BCUT2D eigenvalue weighted by Crippen LogP contribution is 2.14. The van der Waals surface area contributed by atoms with Gasteiger partial charge in [-0.1, -0.05) is 12.2 Å². The third kappa shape index (κ3) is 1.77. The zero-order valence-electron chi connectivity index (χ0n) is 7.09. The van der Waals surface area contributed by atoms with E-state index in [0.717, 1.165) is 18.7 Å². The van der Waals surface area contributed by atoms with Gasteiger partial charge in [-0.05, 0) is 25.1 Å². The van der Waals surface area contributed by atoms with Gasteiger partial charge < -0.3 is 5.41 Å². The maximum Gasteiger partial charge on any atom is 0.0252 e. The first-order valence-corrected chi connectivity index (χ1v) is 3.81. The van der Waals surface area contributed by atoms with Crippen molar-refractivity contribution in [2.75, 3.05) is 20.1 Å². The molecule has 2 nitrogen and oxygen atoms in total. The molecular formula is C9H14N2. The Morgan fingerprint density at radius 2 is 2.00 bits per heavy atom. The lowest BCUT2D eigenvalue weighted by atomic mass is 10.1. The highest BCUT2D eigenvalue weighted by atomic mass is 15.1. The summed E-state index contributed by atoms with van der Waals surface area (Å²) in [6.07, 6.45) is 5.57. The number of nitrogens with one attached hydrogen (secondary N) is 1. The Morgan fingerprint density at radius 3 is 2.55 bits per heavy atom. The molecule has 1 N–H and O–H groups in total. The molecule has 0 aromatic rings. The standard InChI is InChI=1S/C9H14N2/c1-3-4-8-6-11(2)7-9(8)5-10/h3-5,10H,6-7H2,1-2H3/b4-3-,10-5?. The van der Waals surface area contributed by atoms with Gasteiger partial charge in [-0.3, -0.25) is 4.90 Å². The van der Waals surface area contributed by atoms with Gasteiger partial charge >= 0.3 is 0 Å². The Morgan fingerprint density at radius 1 is 1.36 bits per heavy atom. The van der Waals surface area contributed by atoms with Crippen LogP contribution in [0.2, 0.25) is 0 Å². The van der Waals surface area contributed by atoms with Crippen molar-refractivity contribution in [3.63, 3.8) is 0 Å². The summed E-state index contributed by atoms with van der Waals surface area (Å²) in [5.74, 6) is 0. The number of rotatable bonds is 2. The lowest BCUT2D eigenvalue weighted by Crippen LogP contribution is -2.14. The molecule has 0 saturated heterocycles. The van der Waals surface area contributed by atoms with E-state index in [1.54, 1.807) is 0 Å². The summed E-state index contributed by atoms with van der Waals surface area (Å²) in [4.78, 5) is 2.20. The number of likely N-dealkylation sites (N-methyl/N-ethyl adjacent to an activating group) is 1. The van der Waals surface area contributed by atoms with Crippen LogP contribution in [0.4, 0.5) is 0 Å². The second kappa shape index (κ2) is 3.49. The largest absolute Gasteiger partial charge is 0.308 e. The Bertz CT molecular complexity index is 214. The molecule has 1 aliphatic rings. The van der Waals surface area contributed by atoms with E-state index in [1.165, 1.54) is 11.8 Å². The van der Waals surface area contributed by atoms with Crippen molar-refractivity contribution >= 4 is 6.21 Å². The first-order chi connectivity index (χ1) is 5.27. The third-order valence-electron chi connectivity index (χ3n) is 1.84. The van der Waals surface area contributed by atoms with Gasteiger partial charge in [-0.25, -0.2) is 0 Å². The predicted molar refractivity (Wildman–Crippen MR) is 48.1 cm³/mol. The summed E-state index contributed by atoms with van der Waals surface area (Å²) in [6, 6.07) is 0. The predicted octanol–water partition coefficient (Wildman–Crippen LogP) is 1.45. The van der Waals surface area contributed by atoms with E-state index in [2.05, 4.69) is 18.0 Å². The highest BCUT2D eigenvalue weighted by Gasteiger charge is 2.14. The fourth-order valence-electron chi connectivity index (χ4n) is 1.34. The molecule has 0 atom stereocenters. The van der Waals surface area contributed by atoms with Crippen LogP contribution in [0.3, 0.4) is 0 Å². The molecule has 0 aliphatic carbocycles. The van der Waals surface area contributed by atoms with Crippen LogP contribution in [0.25, 0.3) is 0 Å². The molecule has 0 unspecified atom stereocenters. The van der Waals surface area contributed by atoms with Gasteiger partial charge in [0.05, 0.1) is 0 Å². The average Bonchev–Trinajstić information content (AvgIpc) is 2.32. The van der Waals surface area contributed by atoms with Crippen LogP contribution in [-0.4, -0.2) is 31.3 Å². The maximum atomic E-state index is 7.16. The molecule has 0 aromatic heterocycles. The Hall–Kier alpha value is -0.890. The topological polar surface area (TPSA) is 27.1 Å². The Kier molecular flexibility index (Phi) is 2.60. The second-order valence-electron chi connectivity index (χ2n) is 2.87. The van der Waals surface area contributed by atoms with Crippen molar-refractivity contribution in [3.05, 3.63) is 23.3 Å². The lowest BCUT2D eigenvalue weighted by molar-refractivity contribution is 0.429. The molecular weight excluding hydrogens is 136 g/mol. The van der Waals surface area contributed by atoms with Crippen LogP contribution >= 0.6 is 0 Å². The van der Waals surface area contributed by atoms with E-state index in [0.29, 0.717) is 0 Å². The summed E-state index contributed by atoms with van der Waals surface area (Å²) < 4.78 is 0. The second-order valence-corrected chi connectivity index (χ2v) is 2.87. The molecule has 0 bridgehead atoms. The SMILES string of the molecule is C/C=C\C1=C(C=N)CN(C)C1. The zero-order chi connectivity index (χ0) is 8.27. The van der Waals surface area contributed by atoms with Gasteiger partial charge in [-0.15, -0.1) is 0 Å². The molecule has 60 valence electrons. The number of nitrogens with zero attached hydrogens (tertiary/aromatic N) is 1. The minimum absolute atomic E-state index is 0.920. The van der Waals surface area contributed by atoms with Crippen molar-refractivity contribution < 1.29 is 0 Å². The van der Waals surface area contributed by atoms with Crippen LogP contribution in [0, 0.1) is 5.41 Å². The highest BCUT2D eigenvalue weighted by molar-refractivity contribution is 5.79. The summed E-state index contributed by atoms with van der Waals surface area (Å²) in [5.41, 5.74) is 2.43. The van der Waals surface area contributed by atoms with Gasteiger partial charge in [-0.2, -0.15) is 0 Å². The fraction of sp³-hybridized carbons (Fsp3) is 0.444. The monoisotopic (exact) mass is 150 g/mol. The van der Waals surface area contributed by atoms with Gasteiger partial charge in [0.1, 0.15) is 0 Å². The first-order valence-electron chi connectivity index (χ1n) is 3.81. The molecule has 1 aliphatic heterocycles. The van der Waals surface area contributed by atoms with E-state index in [9.17, 15) is 0 Å². The van der Waals surface area contributed by atoms with E-state index in [-0.39, 0.29) is 0 Å². The number of hydrogen-bond acceptors (Lipinski definition) is 2. The molecule has 0 spiro atoms. The molecule has 0 amide bonds. The smallest absolute Gasteiger partial charge is 0.0252 e. The van der Waals surface area contributed by atoms with Crippen LogP contribution in [-0.2, 0) is 0 Å².